The lowest BCUT2D eigenvalue weighted by molar-refractivity contribution is -0.132. The molecule has 0 amide bonds. The van der Waals surface area contributed by atoms with Gasteiger partial charge in [-0.15, -0.1) is 5.54 Å². The van der Waals surface area contributed by atoms with E-state index in [1.54, 1.807) is 10.9 Å². The maximum atomic E-state index is 10.6. The van der Waals surface area contributed by atoms with Crippen molar-refractivity contribution < 1.29 is 9.53 Å². The van der Waals surface area contributed by atoms with Crippen molar-refractivity contribution in [3.63, 3.8) is 0 Å². The summed E-state index contributed by atoms with van der Waals surface area (Å²) in [4.78, 5) is 10.6. The van der Waals surface area contributed by atoms with Crippen molar-refractivity contribution in [1.29, 1.82) is 0 Å². The highest BCUT2D eigenvalue weighted by atomic mass is 28.3. The maximum Gasteiger partial charge on any atom is 0.309 e. The molecule has 0 bridgehead atoms. The first-order chi connectivity index (χ1) is 7.37. The molecule has 0 saturated carbocycles. The Kier molecular flexibility index (Phi) is 3.85. The summed E-state index contributed by atoms with van der Waals surface area (Å²) >= 11 is 0. The van der Waals surface area contributed by atoms with Crippen LogP contribution in [0.15, 0.2) is 6.20 Å². The maximum absolute atomic E-state index is 10.6. The van der Waals surface area contributed by atoms with Crippen LogP contribution in [0.1, 0.15) is 6.92 Å². The zero-order chi connectivity index (χ0) is 12.2. The van der Waals surface area contributed by atoms with Crippen molar-refractivity contribution in [2.24, 2.45) is 0 Å². The molecule has 0 aliphatic rings. The van der Waals surface area contributed by atoms with E-state index in [1.165, 1.54) is 6.92 Å². The molecule has 0 radical (unpaired) electrons. The number of carbonyl (C=O) groups excluding carboxylic acids is 1. The van der Waals surface area contributed by atoms with E-state index >= 15 is 0 Å². The van der Waals surface area contributed by atoms with Crippen molar-refractivity contribution in [3.05, 3.63) is 6.20 Å². The van der Waals surface area contributed by atoms with Crippen LogP contribution < -0.4 is 4.74 Å². The lowest BCUT2D eigenvalue weighted by Gasteiger charge is -2.02. The van der Waals surface area contributed by atoms with Gasteiger partial charge in [-0.2, -0.15) is 0 Å². The third-order valence-corrected chi connectivity index (χ3v) is 2.40. The second-order valence-electron chi connectivity index (χ2n) is 4.40. The van der Waals surface area contributed by atoms with E-state index in [4.69, 9.17) is 4.74 Å². The van der Waals surface area contributed by atoms with Crippen molar-refractivity contribution in [1.82, 2.24) is 15.0 Å². The molecule has 1 rings (SSSR count). The van der Waals surface area contributed by atoms with Gasteiger partial charge >= 0.3 is 5.97 Å². The Labute approximate surface area is 95.8 Å². The Hall–Kier alpha value is -1.61. The number of esters is 1. The summed E-state index contributed by atoms with van der Waals surface area (Å²) in [5, 5.41) is 7.48. The predicted octanol–water partition coefficient (Wildman–Crippen LogP) is 1.08. The molecule has 0 aromatic carbocycles. The molecule has 1 aromatic rings. The largest absolute Gasteiger partial charge is 0.404 e. The average molecular weight is 237 g/mol. The fraction of sp³-hybridized carbons (Fsp3) is 0.500. The van der Waals surface area contributed by atoms with Gasteiger partial charge in [-0.3, -0.25) is 4.79 Å². The minimum Gasteiger partial charge on any atom is -0.404 e. The van der Waals surface area contributed by atoms with Gasteiger partial charge < -0.3 is 4.74 Å². The number of rotatable bonds is 2. The van der Waals surface area contributed by atoms with Crippen molar-refractivity contribution in [3.8, 4) is 17.3 Å². The van der Waals surface area contributed by atoms with Crippen LogP contribution in [0.3, 0.4) is 0 Å². The average Bonchev–Trinajstić information content (AvgIpc) is 2.49. The molecule has 0 unspecified atom stereocenters. The normalized spacial score (nSPS) is 10.5. The minimum absolute atomic E-state index is 0.210. The van der Waals surface area contributed by atoms with Gasteiger partial charge in [-0.25, -0.2) is 4.68 Å². The molecule has 16 heavy (non-hydrogen) atoms. The summed E-state index contributed by atoms with van der Waals surface area (Å²) in [6.07, 6.45) is 1.56. The van der Waals surface area contributed by atoms with Gasteiger partial charge in [0, 0.05) is 6.92 Å². The summed E-state index contributed by atoms with van der Waals surface area (Å²) in [5.74, 6) is 2.85. The molecule has 1 heterocycles. The van der Waals surface area contributed by atoms with E-state index in [9.17, 15) is 4.79 Å². The molecule has 0 aliphatic heterocycles. The lowest BCUT2D eigenvalue weighted by Crippen LogP contribution is -2.16. The molecular formula is C10H15N3O2Si. The van der Waals surface area contributed by atoms with Gasteiger partial charge in [-0.1, -0.05) is 35.9 Å². The SMILES string of the molecule is CC(=O)Oc1cn(CC#C[Si](C)(C)C)nn1. The van der Waals surface area contributed by atoms with Gasteiger partial charge in [0.2, 0.25) is 0 Å². The number of aromatic nitrogens is 3. The van der Waals surface area contributed by atoms with Crippen molar-refractivity contribution >= 4 is 14.0 Å². The second kappa shape index (κ2) is 4.94. The van der Waals surface area contributed by atoms with Gasteiger partial charge in [0.05, 0.1) is 6.20 Å². The number of hydrogen-bond acceptors (Lipinski definition) is 4. The van der Waals surface area contributed by atoms with E-state index in [0.29, 0.717) is 6.54 Å². The summed E-state index contributed by atoms with van der Waals surface area (Å²) in [5.41, 5.74) is 3.21. The third-order valence-electron chi connectivity index (χ3n) is 1.47. The number of ether oxygens (including phenoxy) is 1. The molecule has 86 valence electrons. The summed E-state index contributed by atoms with van der Waals surface area (Å²) in [6.45, 7) is 8.31. The first kappa shape index (κ1) is 12.5. The highest BCUT2D eigenvalue weighted by Gasteiger charge is 2.07. The van der Waals surface area contributed by atoms with Crippen LogP contribution >= 0.6 is 0 Å². The molecule has 0 fully saturated rings. The quantitative estimate of drug-likeness (QED) is 0.439. The Bertz CT molecular complexity index is 437. The van der Waals surface area contributed by atoms with Crippen LogP contribution in [-0.4, -0.2) is 29.0 Å². The van der Waals surface area contributed by atoms with Crippen LogP contribution in [0.25, 0.3) is 0 Å². The molecule has 0 spiro atoms. The van der Waals surface area contributed by atoms with Gasteiger partial charge in [0.1, 0.15) is 14.6 Å². The Balaban J connectivity index is 2.58. The zero-order valence-corrected chi connectivity index (χ0v) is 10.9. The molecule has 0 atom stereocenters. The molecule has 0 aliphatic carbocycles. The standard InChI is InChI=1S/C10H15N3O2Si/c1-9(14)15-10-8-13(12-11-10)6-5-7-16(2,3)4/h8H,6H2,1-4H3. The Morgan fingerprint density at radius 3 is 2.81 bits per heavy atom. The van der Waals surface area contributed by atoms with Crippen LogP contribution in [0, 0.1) is 11.5 Å². The third kappa shape index (κ3) is 4.75. The van der Waals surface area contributed by atoms with Gasteiger partial charge in [0.25, 0.3) is 5.88 Å². The van der Waals surface area contributed by atoms with E-state index < -0.39 is 14.0 Å². The summed E-state index contributed by atoms with van der Waals surface area (Å²) < 4.78 is 6.32. The number of carbonyl (C=O) groups is 1. The molecule has 0 N–H and O–H groups in total. The van der Waals surface area contributed by atoms with E-state index in [-0.39, 0.29) is 5.88 Å². The van der Waals surface area contributed by atoms with Crippen LogP contribution in [0.2, 0.25) is 19.6 Å². The van der Waals surface area contributed by atoms with Crippen molar-refractivity contribution in [2.75, 3.05) is 0 Å². The fourth-order valence-electron chi connectivity index (χ4n) is 0.938. The second-order valence-corrected chi connectivity index (χ2v) is 9.15. The summed E-state index contributed by atoms with van der Waals surface area (Å²) in [7, 11) is -1.34. The molecule has 5 nitrogen and oxygen atoms in total. The first-order valence-electron chi connectivity index (χ1n) is 4.95. The molecular weight excluding hydrogens is 222 g/mol. The predicted molar refractivity (Wildman–Crippen MR) is 62.5 cm³/mol. The minimum atomic E-state index is -1.34. The molecule has 6 heteroatoms. The summed E-state index contributed by atoms with van der Waals surface area (Å²) in [6, 6.07) is 0. The van der Waals surface area contributed by atoms with E-state index in [1.807, 2.05) is 0 Å². The van der Waals surface area contributed by atoms with Gasteiger partial charge in [0.15, 0.2) is 0 Å². The number of hydrogen-bond donors (Lipinski definition) is 0. The van der Waals surface area contributed by atoms with Crippen LogP contribution in [0.5, 0.6) is 5.88 Å². The molecule has 1 aromatic heterocycles. The van der Waals surface area contributed by atoms with Crippen molar-refractivity contribution in [2.45, 2.75) is 33.1 Å². The van der Waals surface area contributed by atoms with Crippen LogP contribution in [0.4, 0.5) is 0 Å². The topological polar surface area (TPSA) is 57.0 Å². The Morgan fingerprint density at radius 2 is 2.25 bits per heavy atom. The smallest absolute Gasteiger partial charge is 0.309 e. The number of nitrogens with zero attached hydrogens (tertiary/aromatic N) is 3. The van der Waals surface area contributed by atoms with E-state index in [2.05, 4.69) is 41.4 Å². The van der Waals surface area contributed by atoms with Gasteiger partial charge in [-0.05, 0) is 0 Å². The lowest BCUT2D eigenvalue weighted by atomic mass is 10.6. The zero-order valence-electron chi connectivity index (χ0n) is 9.94. The highest BCUT2D eigenvalue weighted by molar-refractivity contribution is 6.83. The molecule has 0 saturated heterocycles. The van der Waals surface area contributed by atoms with E-state index in [0.717, 1.165) is 0 Å². The highest BCUT2D eigenvalue weighted by Crippen LogP contribution is 2.03. The first-order valence-corrected chi connectivity index (χ1v) is 8.45. The fourth-order valence-corrected chi connectivity index (χ4v) is 1.55. The Morgan fingerprint density at radius 1 is 1.56 bits per heavy atom. The van der Waals surface area contributed by atoms with Crippen LogP contribution in [-0.2, 0) is 11.3 Å². The monoisotopic (exact) mass is 237 g/mol.